The molecule has 10 nitrogen and oxygen atoms in total. The van der Waals surface area contributed by atoms with Crippen molar-refractivity contribution in [2.75, 3.05) is 31.1 Å². The number of carbonyl (C=O) groups excluding carboxylic acids is 1. The van der Waals surface area contributed by atoms with Gasteiger partial charge >= 0.3 is 5.69 Å². The molecule has 1 saturated heterocycles. The lowest BCUT2D eigenvalue weighted by molar-refractivity contribution is 0.0748. The molecule has 184 valence electrons. The third-order valence-corrected chi connectivity index (χ3v) is 6.78. The highest BCUT2D eigenvalue weighted by atomic mass is 16.2. The molecular formula is C25H31N7O3. The molecule has 35 heavy (non-hydrogen) atoms. The summed E-state index contributed by atoms with van der Waals surface area (Å²) in [7, 11) is 0. The number of rotatable bonds is 5. The Morgan fingerprint density at radius 3 is 2.43 bits per heavy atom. The molecule has 3 aromatic rings. The molecule has 4 heterocycles. The monoisotopic (exact) mass is 477 g/mol. The number of pyridine rings is 1. The van der Waals surface area contributed by atoms with Gasteiger partial charge in [0.15, 0.2) is 5.65 Å². The number of aryl methyl sites for hydroxylation is 2. The van der Waals surface area contributed by atoms with Crippen LogP contribution >= 0.6 is 0 Å². The molecule has 1 amide bonds. The molecule has 5 rings (SSSR count). The summed E-state index contributed by atoms with van der Waals surface area (Å²) in [5.41, 5.74) is 1.26. The predicted octanol–water partition coefficient (Wildman–Crippen LogP) is 2.17. The SMILES string of the molecule is CCn1c(=O)[nH]c(=O)c2c(C(=O)N3CCN(c4cc(C)nc(C(C)C)n4)CC3)cc(C3CC3)nc21. The quantitative estimate of drug-likeness (QED) is 0.598. The lowest BCUT2D eigenvalue weighted by Crippen LogP contribution is -2.49. The highest BCUT2D eigenvalue weighted by molar-refractivity contribution is 6.05. The number of anilines is 1. The number of hydrogen-bond donors (Lipinski definition) is 1. The van der Waals surface area contributed by atoms with Gasteiger partial charge in [-0.3, -0.25) is 19.1 Å². The Hall–Kier alpha value is -3.56. The van der Waals surface area contributed by atoms with Crippen LogP contribution in [-0.4, -0.2) is 61.5 Å². The molecule has 0 unspecified atom stereocenters. The van der Waals surface area contributed by atoms with E-state index >= 15 is 0 Å². The Bertz CT molecular complexity index is 1410. The van der Waals surface area contributed by atoms with Crippen molar-refractivity contribution in [1.29, 1.82) is 0 Å². The molecule has 1 aliphatic heterocycles. The summed E-state index contributed by atoms with van der Waals surface area (Å²) in [6.45, 7) is 10.6. The maximum absolute atomic E-state index is 13.7. The highest BCUT2D eigenvalue weighted by Crippen LogP contribution is 2.40. The standard InChI is InChI=1S/C25H31N7O3/c1-5-32-22-20(23(33)29-25(32)35)17(13-18(27-22)16-6-7-16)24(34)31-10-8-30(9-11-31)19-12-15(4)26-21(28-19)14(2)3/h12-14,16H,5-11H2,1-4H3,(H,29,33,35). The predicted molar refractivity (Wildman–Crippen MR) is 133 cm³/mol. The number of aromatic nitrogens is 5. The van der Waals surface area contributed by atoms with E-state index in [9.17, 15) is 14.4 Å². The van der Waals surface area contributed by atoms with E-state index in [4.69, 9.17) is 4.98 Å². The third kappa shape index (κ3) is 4.33. The summed E-state index contributed by atoms with van der Waals surface area (Å²) < 4.78 is 1.43. The van der Waals surface area contributed by atoms with Crippen LogP contribution in [0.25, 0.3) is 11.0 Å². The zero-order valence-electron chi connectivity index (χ0n) is 20.7. The van der Waals surface area contributed by atoms with Gasteiger partial charge in [-0.05, 0) is 32.8 Å². The van der Waals surface area contributed by atoms with Crippen LogP contribution in [0.4, 0.5) is 5.82 Å². The van der Waals surface area contributed by atoms with Gasteiger partial charge in [0.1, 0.15) is 11.6 Å². The average molecular weight is 478 g/mol. The molecule has 3 aromatic heterocycles. The van der Waals surface area contributed by atoms with Gasteiger partial charge in [0.25, 0.3) is 11.5 Å². The lowest BCUT2D eigenvalue weighted by atomic mass is 10.1. The zero-order valence-corrected chi connectivity index (χ0v) is 20.7. The van der Waals surface area contributed by atoms with Crippen LogP contribution in [0.1, 0.15) is 73.0 Å². The van der Waals surface area contributed by atoms with Crippen LogP contribution in [-0.2, 0) is 6.54 Å². The summed E-state index contributed by atoms with van der Waals surface area (Å²) in [5, 5.41) is 0.191. The number of aromatic amines is 1. The van der Waals surface area contributed by atoms with Crippen LogP contribution in [0.3, 0.4) is 0 Å². The Kier molecular flexibility index (Phi) is 5.90. The summed E-state index contributed by atoms with van der Waals surface area (Å²) in [4.78, 5) is 59.1. The fourth-order valence-corrected chi connectivity index (χ4v) is 4.65. The van der Waals surface area contributed by atoms with Crippen LogP contribution in [0.2, 0.25) is 0 Å². The maximum Gasteiger partial charge on any atom is 0.329 e. The molecule has 0 atom stereocenters. The lowest BCUT2D eigenvalue weighted by Gasteiger charge is -2.36. The van der Waals surface area contributed by atoms with Crippen molar-refractivity contribution in [3.05, 3.63) is 55.7 Å². The molecule has 2 fully saturated rings. The summed E-state index contributed by atoms with van der Waals surface area (Å²) >= 11 is 0. The van der Waals surface area contributed by atoms with Gasteiger partial charge in [0.2, 0.25) is 0 Å². The van der Waals surface area contributed by atoms with Gasteiger partial charge in [0, 0.05) is 62.0 Å². The first-order valence-corrected chi connectivity index (χ1v) is 12.3. The van der Waals surface area contributed by atoms with E-state index in [-0.39, 0.29) is 23.1 Å². The van der Waals surface area contributed by atoms with E-state index < -0.39 is 11.2 Å². The molecule has 1 saturated carbocycles. The van der Waals surface area contributed by atoms with Gasteiger partial charge in [-0.15, -0.1) is 0 Å². The largest absolute Gasteiger partial charge is 0.353 e. The third-order valence-electron chi connectivity index (χ3n) is 6.78. The molecule has 2 aliphatic rings. The normalized spacial score (nSPS) is 16.4. The van der Waals surface area contributed by atoms with E-state index in [2.05, 4.69) is 33.7 Å². The summed E-state index contributed by atoms with van der Waals surface area (Å²) in [5.74, 6) is 2.00. The maximum atomic E-state index is 13.7. The van der Waals surface area contributed by atoms with Gasteiger partial charge in [-0.2, -0.15) is 0 Å². The first-order chi connectivity index (χ1) is 16.8. The highest BCUT2D eigenvalue weighted by Gasteiger charge is 2.31. The van der Waals surface area contributed by atoms with Gasteiger partial charge in [0.05, 0.1) is 10.9 Å². The topological polar surface area (TPSA) is 117 Å². The fraction of sp³-hybridized carbons (Fsp3) is 0.520. The second-order valence-electron chi connectivity index (χ2n) is 9.73. The van der Waals surface area contributed by atoms with E-state index in [0.29, 0.717) is 43.9 Å². The van der Waals surface area contributed by atoms with E-state index in [1.807, 2.05) is 19.9 Å². The Morgan fingerprint density at radius 1 is 1.09 bits per heavy atom. The summed E-state index contributed by atoms with van der Waals surface area (Å²) in [6, 6.07) is 3.74. The van der Waals surface area contributed by atoms with E-state index in [0.717, 1.165) is 35.9 Å². The zero-order chi connectivity index (χ0) is 24.9. The van der Waals surface area contributed by atoms with Crippen LogP contribution in [0, 0.1) is 6.92 Å². The number of piperazine rings is 1. The Morgan fingerprint density at radius 2 is 1.80 bits per heavy atom. The number of carbonyl (C=O) groups is 1. The molecule has 1 aliphatic carbocycles. The molecule has 0 bridgehead atoms. The summed E-state index contributed by atoms with van der Waals surface area (Å²) in [6.07, 6.45) is 2.00. The fourth-order valence-electron chi connectivity index (χ4n) is 4.65. The number of fused-ring (bicyclic) bond motifs is 1. The number of hydrogen-bond acceptors (Lipinski definition) is 7. The molecule has 10 heteroatoms. The van der Waals surface area contributed by atoms with Crippen molar-refractivity contribution in [3.8, 4) is 0 Å². The molecule has 0 aromatic carbocycles. The first kappa shape index (κ1) is 23.2. The second kappa shape index (κ2) is 8.90. The number of nitrogens with one attached hydrogen (secondary N) is 1. The number of H-pyrrole nitrogens is 1. The minimum absolute atomic E-state index is 0.191. The molecule has 0 spiro atoms. The average Bonchev–Trinajstić information content (AvgIpc) is 3.68. The Balaban J connectivity index is 1.46. The molecule has 1 N–H and O–H groups in total. The van der Waals surface area contributed by atoms with E-state index in [1.165, 1.54) is 4.57 Å². The second-order valence-corrected chi connectivity index (χ2v) is 9.73. The van der Waals surface area contributed by atoms with Crippen LogP contribution in [0.5, 0.6) is 0 Å². The minimum atomic E-state index is -0.566. The van der Waals surface area contributed by atoms with Gasteiger partial charge in [-0.1, -0.05) is 13.8 Å². The van der Waals surface area contributed by atoms with Crippen LogP contribution < -0.4 is 16.1 Å². The van der Waals surface area contributed by atoms with Crippen molar-refractivity contribution >= 4 is 22.8 Å². The number of amides is 1. The van der Waals surface area contributed by atoms with Gasteiger partial charge in [-0.25, -0.2) is 19.7 Å². The van der Waals surface area contributed by atoms with Gasteiger partial charge < -0.3 is 9.80 Å². The first-order valence-electron chi connectivity index (χ1n) is 12.3. The van der Waals surface area contributed by atoms with Crippen molar-refractivity contribution in [2.24, 2.45) is 0 Å². The Labute approximate surface area is 203 Å². The van der Waals surface area contributed by atoms with Crippen molar-refractivity contribution < 1.29 is 4.79 Å². The van der Waals surface area contributed by atoms with Crippen molar-refractivity contribution in [2.45, 2.75) is 58.9 Å². The molecule has 0 radical (unpaired) electrons. The molecular weight excluding hydrogens is 446 g/mol. The van der Waals surface area contributed by atoms with Crippen LogP contribution in [0.15, 0.2) is 21.7 Å². The van der Waals surface area contributed by atoms with Crippen molar-refractivity contribution in [3.63, 3.8) is 0 Å². The minimum Gasteiger partial charge on any atom is -0.353 e. The smallest absolute Gasteiger partial charge is 0.329 e. The van der Waals surface area contributed by atoms with E-state index in [1.54, 1.807) is 11.0 Å². The number of nitrogens with zero attached hydrogens (tertiary/aromatic N) is 6. The van der Waals surface area contributed by atoms with Crippen molar-refractivity contribution in [1.82, 2.24) is 29.4 Å².